The van der Waals surface area contributed by atoms with E-state index in [4.69, 9.17) is 0 Å². The number of thiazole rings is 1. The summed E-state index contributed by atoms with van der Waals surface area (Å²) >= 11 is 1.52. The van der Waals surface area contributed by atoms with Crippen LogP contribution in [0.5, 0.6) is 0 Å². The van der Waals surface area contributed by atoms with Gasteiger partial charge in [0.05, 0.1) is 12.2 Å². The molecule has 1 amide bonds. The van der Waals surface area contributed by atoms with Gasteiger partial charge in [0.25, 0.3) is 0 Å². The van der Waals surface area contributed by atoms with Gasteiger partial charge in [-0.05, 0) is 12.8 Å². The molecule has 0 aliphatic carbocycles. The number of rotatable bonds is 7. The fourth-order valence-electron chi connectivity index (χ4n) is 1.80. The number of guanidine groups is 1. The Morgan fingerprint density at radius 1 is 1.38 bits per heavy atom. The minimum Gasteiger partial charge on any atom is -0.357 e. The number of hydrogen-bond donors (Lipinski definition) is 2. The first-order chi connectivity index (χ1) is 11.6. The van der Waals surface area contributed by atoms with E-state index in [9.17, 15) is 18.0 Å². The van der Waals surface area contributed by atoms with Crippen molar-refractivity contribution in [3.05, 3.63) is 16.1 Å². The highest BCUT2D eigenvalue weighted by atomic mass is 127. The first kappa shape index (κ1) is 24.9. The molecular formula is C15H25F3IN5OS. The Labute approximate surface area is 172 Å². The topological polar surface area (TPSA) is 69.6 Å². The number of nitrogens with one attached hydrogen (secondary N) is 2. The van der Waals surface area contributed by atoms with Gasteiger partial charge in [-0.15, -0.1) is 35.3 Å². The summed E-state index contributed by atoms with van der Waals surface area (Å²) in [5.41, 5.74) is 1.01. The molecule has 6 nitrogen and oxygen atoms in total. The van der Waals surface area contributed by atoms with Crippen molar-refractivity contribution in [2.75, 3.05) is 26.7 Å². The normalized spacial score (nSPS) is 11.9. The highest BCUT2D eigenvalue weighted by Gasteiger charge is 2.31. The van der Waals surface area contributed by atoms with Crippen molar-refractivity contribution in [3.8, 4) is 0 Å². The second kappa shape index (κ2) is 11.6. The second-order valence-electron chi connectivity index (χ2n) is 5.73. The largest absolute Gasteiger partial charge is 0.406 e. The molecule has 0 saturated heterocycles. The molecule has 1 aromatic rings. The summed E-state index contributed by atoms with van der Waals surface area (Å²) in [5.74, 6) is -0.00266. The van der Waals surface area contributed by atoms with E-state index in [1.807, 2.05) is 12.3 Å². The first-order valence-corrected chi connectivity index (χ1v) is 8.77. The Hall–Kier alpha value is -1.11. The van der Waals surface area contributed by atoms with Crippen molar-refractivity contribution < 1.29 is 18.0 Å². The van der Waals surface area contributed by atoms with E-state index in [1.54, 1.807) is 0 Å². The summed E-state index contributed by atoms with van der Waals surface area (Å²) in [5, 5.41) is 8.83. The zero-order valence-corrected chi connectivity index (χ0v) is 18.3. The van der Waals surface area contributed by atoms with Gasteiger partial charge in [0.2, 0.25) is 5.91 Å². The molecule has 1 heterocycles. The number of likely N-dealkylation sites (N-methyl/N-ethyl adjacent to an activating group) is 1. The zero-order chi connectivity index (χ0) is 19.0. The molecule has 1 aromatic heterocycles. The van der Waals surface area contributed by atoms with Crippen LogP contribution in [0.25, 0.3) is 0 Å². The van der Waals surface area contributed by atoms with Crippen LogP contribution in [-0.2, 0) is 11.3 Å². The highest BCUT2D eigenvalue weighted by molar-refractivity contribution is 14.0. The van der Waals surface area contributed by atoms with Crippen LogP contribution in [0.3, 0.4) is 0 Å². The molecule has 0 aliphatic heterocycles. The smallest absolute Gasteiger partial charge is 0.357 e. The van der Waals surface area contributed by atoms with Gasteiger partial charge in [0, 0.05) is 19.0 Å². The molecule has 150 valence electrons. The summed E-state index contributed by atoms with van der Waals surface area (Å²) in [7, 11) is 1.11. The van der Waals surface area contributed by atoms with Gasteiger partial charge in [-0.1, -0.05) is 13.8 Å². The number of amides is 1. The number of carbonyl (C=O) groups is 1. The zero-order valence-electron chi connectivity index (χ0n) is 15.2. The fourth-order valence-corrected chi connectivity index (χ4v) is 2.69. The number of alkyl halides is 3. The van der Waals surface area contributed by atoms with E-state index in [0.717, 1.165) is 17.7 Å². The summed E-state index contributed by atoms with van der Waals surface area (Å²) < 4.78 is 36.9. The molecule has 0 radical (unpaired) electrons. The predicted octanol–water partition coefficient (Wildman–Crippen LogP) is 2.96. The van der Waals surface area contributed by atoms with Gasteiger partial charge in [-0.25, -0.2) is 9.98 Å². The third-order valence-corrected chi connectivity index (χ3v) is 3.99. The van der Waals surface area contributed by atoms with Crippen LogP contribution in [0.4, 0.5) is 13.2 Å². The second-order valence-corrected chi connectivity index (χ2v) is 6.68. The molecule has 0 bridgehead atoms. The molecule has 0 atom stereocenters. The van der Waals surface area contributed by atoms with Gasteiger partial charge in [-0.3, -0.25) is 4.79 Å². The van der Waals surface area contributed by atoms with Crippen molar-refractivity contribution in [3.63, 3.8) is 0 Å². The summed E-state index contributed by atoms with van der Waals surface area (Å²) in [6.07, 6.45) is -4.42. The Morgan fingerprint density at radius 3 is 2.54 bits per heavy atom. The maximum Gasteiger partial charge on any atom is 0.406 e. The van der Waals surface area contributed by atoms with Crippen molar-refractivity contribution in [2.45, 2.75) is 39.4 Å². The van der Waals surface area contributed by atoms with Crippen molar-refractivity contribution in [1.29, 1.82) is 0 Å². The van der Waals surface area contributed by atoms with Crippen molar-refractivity contribution in [1.82, 2.24) is 20.5 Å². The molecular weight excluding hydrogens is 482 g/mol. The summed E-state index contributed by atoms with van der Waals surface area (Å²) in [6, 6.07) is 0. The molecule has 0 aromatic carbocycles. The third-order valence-electron chi connectivity index (χ3n) is 3.13. The van der Waals surface area contributed by atoms with Gasteiger partial charge in [0.1, 0.15) is 18.1 Å². The lowest BCUT2D eigenvalue weighted by Crippen LogP contribution is -2.40. The Morgan fingerprint density at radius 2 is 2.04 bits per heavy atom. The molecule has 0 spiro atoms. The SMILES string of the molecule is CCNC(=NCC(=O)N(C)CC(F)(F)F)NCc1nc(C(C)C)cs1.I. The van der Waals surface area contributed by atoms with Crippen LogP contribution in [0.2, 0.25) is 0 Å². The first-order valence-electron chi connectivity index (χ1n) is 7.89. The Bertz CT molecular complexity index is 592. The van der Waals surface area contributed by atoms with Crippen LogP contribution in [0, 0.1) is 0 Å². The summed E-state index contributed by atoms with van der Waals surface area (Å²) in [4.78, 5) is 20.9. The lowest BCUT2D eigenvalue weighted by molar-refractivity contribution is -0.157. The minimum absolute atomic E-state index is 0. The number of aromatic nitrogens is 1. The summed E-state index contributed by atoms with van der Waals surface area (Å²) in [6.45, 7) is 5.31. The standard InChI is InChI=1S/C15H24F3N5OS.HI/c1-5-19-14(20-6-12-22-11(8-25-12)10(2)3)21-7-13(24)23(4)9-15(16,17)18;/h8,10H,5-7,9H2,1-4H3,(H2,19,20,21);1H. The fraction of sp³-hybridized carbons (Fsp3) is 0.667. The molecule has 1 rings (SSSR count). The average molecular weight is 507 g/mol. The number of carbonyl (C=O) groups excluding carboxylic acids is 1. The third kappa shape index (κ3) is 9.55. The quantitative estimate of drug-likeness (QED) is 0.339. The lowest BCUT2D eigenvalue weighted by Gasteiger charge is -2.18. The average Bonchev–Trinajstić information content (AvgIpc) is 2.97. The van der Waals surface area contributed by atoms with E-state index in [1.165, 1.54) is 11.3 Å². The van der Waals surface area contributed by atoms with Crippen LogP contribution >= 0.6 is 35.3 Å². The monoisotopic (exact) mass is 507 g/mol. The molecule has 11 heteroatoms. The Balaban J connectivity index is 0.00000625. The van der Waals surface area contributed by atoms with E-state index in [0.29, 0.717) is 29.9 Å². The predicted molar refractivity (Wildman–Crippen MR) is 108 cm³/mol. The van der Waals surface area contributed by atoms with Crippen LogP contribution < -0.4 is 10.6 Å². The highest BCUT2D eigenvalue weighted by Crippen LogP contribution is 2.17. The molecule has 0 saturated carbocycles. The van der Waals surface area contributed by atoms with Crippen LogP contribution in [0.1, 0.15) is 37.4 Å². The molecule has 0 unspecified atom stereocenters. The molecule has 0 aliphatic rings. The number of halogens is 4. The van der Waals surface area contributed by atoms with Crippen molar-refractivity contribution >= 4 is 47.2 Å². The van der Waals surface area contributed by atoms with E-state index < -0.39 is 18.6 Å². The minimum atomic E-state index is -4.42. The molecule has 0 fully saturated rings. The van der Waals surface area contributed by atoms with Gasteiger partial charge >= 0.3 is 6.18 Å². The molecule has 26 heavy (non-hydrogen) atoms. The van der Waals surface area contributed by atoms with E-state index >= 15 is 0 Å². The van der Waals surface area contributed by atoms with E-state index in [2.05, 4.69) is 34.5 Å². The number of aliphatic imine (C=N–C) groups is 1. The maximum atomic E-state index is 12.3. The maximum absolute atomic E-state index is 12.3. The van der Waals surface area contributed by atoms with Crippen LogP contribution in [-0.4, -0.2) is 54.6 Å². The lowest BCUT2D eigenvalue weighted by atomic mass is 10.2. The molecule has 2 N–H and O–H groups in total. The van der Waals surface area contributed by atoms with E-state index in [-0.39, 0.29) is 30.5 Å². The Kier molecular flexibility index (Phi) is 11.1. The van der Waals surface area contributed by atoms with Gasteiger partial charge < -0.3 is 15.5 Å². The number of hydrogen-bond acceptors (Lipinski definition) is 4. The van der Waals surface area contributed by atoms with Crippen LogP contribution in [0.15, 0.2) is 10.4 Å². The number of nitrogens with zero attached hydrogens (tertiary/aromatic N) is 3. The van der Waals surface area contributed by atoms with Crippen molar-refractivity contribution in [2.24, 2.45) is 4.99 Å². The van der Waals surface area contributed by atoms with Gasteiger partial charge in [-0.2, -0.15) is 13.2 Å². The van der Waals surface area contributed by atoms with Gasteiger partial charge in [0.15, 0.2) is 5.96 Å².